The summed E-state index contributed by atoms with van der Waals surface area (Å²) in [5.74, 6) is 0.854. The average Bonchev–Trinajstić information content (AvgIpc) is 2.14. The van der Waals surface area contributed by atoms with Crippen molar-refractivity contribution in [3.05, 3.63) is 0 Å². The predicted molar refractivity (Wildman–Crippen MR) is 31.6 cm³/mol. The third kappa shape index (κ3) is 0.952. The van der Waals surface area contributed by atoms with Crippen LogP contribution in [0.5, 0.6) is 0 Å². The SMILES string of the molecule is CON1CCSC1=O. The third-order valence-electron chi connectivity index (χ3n) is 0.944. The molecular weight excluding hydrogens is 126 g/mol. The first-order chi connectivity index (χ1) is 3.84. The number of carbonyl (C=O) groups is 1. The number of amides is 1. The van der Waals surface area contributed by atoms with Crippen molar-refractivity contribution in [2.75, 3.05) is 19.4 Å². The minimum Gasteiger partial charge on any atom is -0.274 e. The van der Waals surface area contributed by atoms with Gasteiger partial charge in [0.15, 0.2) is 0 Å². The first-order valence-corrected chi connectivity index (χ1v) is 3.31. The fourth-order valence-electron chi connectivity index (χ4n) is 0.545. The van der Waals surface area contributed by atoms with Crippen molar-refractivity contribution >= 4 is 17.0 Å². The maximum Gasteiger partial charge on any atom is 0.305 e. The molecule has 0 aliphatic carbocycles. The molecule has 0 saturated carbocycles. The zero-order valence-electron chi connectivity index (χ0n) is 4.59. The highest BCUT2D eigenvalue weighted by Crippen LogP contribution is 2.15. The quantitative estimate of drug-likeness (QED) is 0.527. The minimum absolute atomic E-state index is 0.0208. The summed E-state index contributed by atoms with van der Waals surface area (Å²) < 4.78 is 0. The molecule has 0 bridgehead atoms. The molecule has 0 unspecified atom stereocenters. The van der Waals surface area contributed by atoms with Gasteiger partial charge in [0.05, 0.1) is 13.7 Å². The number of hydrogen-bond donors (Lipinski definition) is 0. The maximum atomic E-state index is 10.6. The summed E-state index contributed by atoms with van der Waals surface area (Å²) in [6.07, 6.45) is 0. The molecule has 46 valence electrons. The number of rotatable bonds is 1. The van der Waals surface area contributed by atoms with Crippen molar-refractivity contribution in [1.29, 1.82) is 0 Å². The summed E-state index contributed by atoms with van der Waals surface area (Å²) in [4.78, 5) is 15.3. The largest absolute Gasteiger partial charge is 0.305 e. The molecule has 1 amide bonds. The molecule has 4 heteroatoms. The van der Waals surface area contributed by atoms with Crippen LogP contribution in [0, 0.1) is 0 Å². The Morgan fingerprint density at radius 1 is 1.88 bits per heavy atom. The van der Waals surface area contributed by atoms with Gasteiger partial charge in [-0.2, -0.15) is 0 Å². The van der Waals surface area contributed by atoms with E-state index in [1.54, 1.807) is 0 Å². The molecule has 0 radical (unpaired) electrons. The van der Waals surface area contributed by atoms with Crippen LogP contribution < -0.4 is 0 Å². The Morgan fingerprint density at radius 2 is 2.62 bits per heavy atom. The van der Waals surface area contributed by atoms with Crippen molar-refractivity contribution < 1.29 is 9.63 Å². The van der Waals surface area contributed by atoms with Gasteiger partial charge in [-0.15, -0.1) is 0 Å². The Morgan fingerprint density at radius 3 is 2.88 bits per heavy atom. The van der Waals surface area contributed by atoms with Gasteiger partial charge in [0.25, 0.3) is 0 Å². The van der Waals surface area contributed by atoms with E-state index in [-0.39, 0.29) is 5.24 Å². The Kier molecular flexibility index (Phi) is 1.75. The van der Waals surface area contributed by atoms with Crippen LogP contribution in [0.4, 0.5) is 4.79 Å². The van der Waals surface area contributed by atoms with Crippen molar-refractivity contribution in [1.82, 2.24) is 5.06 Å². The van der Waals surface area contributed by atoms with E-state index >= 15 is 0 Å². The maximum absolute atomic E-state index is 10.6. The normalized spacial score (nSPS) is 20.1. The number of hydrogen-bond acceptors (Lipinski definition) is 3. The van der Waals surface area contributed by atoms with Gasteiger partial charge >= 0.3 is 5.24 Å². The van der Waals surface area contributed by atoms with E-state index < -0.39 is 0 Å². The Hall–Kier alpha value is -0.220. The van der Waals surface area contributed by atoms with Crippen LogP contribution in [0.1, 0.15) is 0 Å². The van der Waals surface area contributed by atoms with E-state index in [4.69, 9.17) is 0 Å². The highest BCUT2D eigenvalue weighted by molar-refractivity contribution is 8.13. The Bertz CT molecular complexity index is 106. The molecule has 0 aromatic rings. The molecule has 0 aromatic carbocycles. The predicted octanol–water partition coefficient (Wildman–Crippen LogP) is 0.717. The standard InChI is InChI=1S/C4H7NO2S/c1-7-5-2-3-8-4(5)6/h2-3H2,1H3. The number of thioether (sulfide) groups is 1. The molecule has 0 N–H and O–H groups in total. The van der Waals surface area contributed by atoms with E-state index in [1.807, 2.05) is 0 Å². The molecular formula is C4H7NO2S. The van der Waals surface area contributed by atoms with Crippen molar-refractivity contribution in [3.63, 3.8) is 0 Å². The fraction of sp³-hybridized carbons (Fsp3) is 0.750. The number of nitrogens with zero attached hydrogens (tertiary/aromatic N) is 1. The van der Waals surface area contributed by atoms with E-state index in [2.05, 4.69) is 4.84 Å². The Balaban J connectivity index is 2.42. The molecule has 0 spiro atoms. The molecule has 3 nitrogen and oxygen atoms in total. The second-order valence-corrected chi connectivity index (χ2v) is 2.45. The fourth-order valence-corrected chi connectivity index (χ4v) is 1.29. The van der Waals surface area contributed by atoms with Crippen molar-refractivity contribution in [2.45, 2.75) is 0 Å². The lowest BCUT2D eigenvalue weighted by molar-refractivity contribution is -0.0685. The summed E-state index contributed by atoms with van der Waals surface area (Å²) in [6, 6.07) is 0. The van der Waals surface area contributed by atoms with Crippen LogP contribution >= 0.6 is 11.8 Å². The second kappa shape index (κ2) is 2.37. The van der Waals surface area contributed by atoms with Crippen LogP contribution in [0.2, 0.25) is 0 Å². The van der Waals surface area contributed by atoms with Crippen LogP contribution in [0.15, 0.2) is 0 Å². The van der Waals surface area contributed by atoms with Crippen LogP contribution in [-0.2, 0) is 4.84 Å². The van der Waals surface area contributed by atoms with E-state index in [0.717, 1.165) is 12.3 Å². The minimum atomic E-state index is 0.0208. The average molecular weight is 133 g/mol. The van der Waals surface area contributed by atoms with Gasteiger partial charge in [0.1, 0.15) is 0 Å². The molecule has 1 fully saturated rings. The second-order valence-electron chi connectivity index (χ2n) is 1.40. The molecule has 1 aliphatic heterocycles. The highest BCUT2D eigenvalue weighted by Gasteiger charge is 2.19. The summed E-state index contributed by atoms with van der Waals surface area (Å²) in [5, 5.41) is 1.37. The highest BCUT2D eigenvalue weighted by atomic mass is 32.2. The van der Waals surface area contributed by atoms with Crippen LogP contribution in [0.3, 0.4) is 0 Å². The van der Waals surface area contributed by atoms with Gasteiger partial charge in [-0.1, -0.05) is 11.8 Å². The monoisotopic (exact) mass is 133 g/mol. The first kappa shape index (κ1) is 5.91. The van der Waals surface area contributed by atoms with Gasteiger partial charge < -0.3 is 0 Å². The van der Waals surface area contributed by atoms with Crippen molar-refractivity contribution in [3.8, 4) is 0 Å². The summed E-state index contributed by atoms with van der Waals surface area (Å²) in [7, 11) is 1.50. The van der Waals surface area contributed by atoms with Gasteiger partial charge in [-0.25, -0.2) is 5.06 Å². The summed E-state index contributed by atoms with van der Waals surface area (Å²) >= 11 is 1.29. The van der Waals surface area contributed by atoms with Gasteiger partial charge in [0, 0.05) is 5.75 Å². The zero-order chi connectivity index (χ0) is 5.98. The first-order valence-electron chi connectivity index (χ1n) is 2.33. The van der Waals surface area contributed by atoms with E-state index in [9.17, 15) is 4.79 Å². The molecule has 1 aliphatic rings. The summed E-state index contributed by atoms with van der Waals surface area (Å²) in [5.41, 5.74) is 0. The molecule has 1 rings (SSSR count). The van der Waals surface area contributed by atoms with Crippen molar-refractivity contribution in [2.24, 2.45) is 0 Å². The third-order valence-corrected chi connectivity index (χ3v) is 1.78. The lowest BCUT2D eigenvalue weighted by Gasteiger charge is -2.08. The Labute approximate surface area is 51.9 Å². The lowest BCUT2D eigenvalue weighted by Crippen LogP contribution is -2.20. The number of carbonyl (C=O) groups excluding carboxylic acids is 1. The van der Waals surface area contributed by atoms with E-state index in [1.165, 1.54) is 23.9 Å². The van der Waals surface area contributed by atoms with E-state index in [0.29, 0.717) is 0 Å². The van der Waals surface area contributed by atoms with Gasteiger partial charge in [-0.3, -0.25) is 9.63 Å². The molecule has 1 saturated heterocycles. The number of hydroxylamine groups is 2. The smallest absolute Gasteiger partial charge is 0.274 e. The molecule has 8 heavy (non-hydrogen) atoms. The molecule has 0 atom stereocenters. The van der Waals surface area contributed by atoms with Gasteiger partial charge in [-0.05, 0) is 0 Å². The van der Waals surface area contributed by atoms with Crippen LogP contribution in [0.25, 0.3) is 0 Å². The lowest BCUT2D eigenvalue weighted by atomic mass is 10.8. The molecule has 0 aromatic heterocycles. The summed E-state index contributed by atoms with van der Waals surface area (Å²) in [6.45, 7) is 0.722. The van der Waals surface area contributed by atoms with Gasteiger partial charge in [0.2, 0.25) is 0 Å². The van der Waals surface area contributed by atoms with Crippen LogP contribution in [-0.4, -0.2) is 29.7 Å². The zero-order valence-corrected chi connectivity index (χ0v) is 5.40. The topological polar surface area (TPSA) is 29.5 Å². The molecule has 1 heterocycles.